The second-order valence-electron chi connectivity index (χ2n) is 8.30. The number of hydrogen-bond donors (Lipinski definition) is 2. The van der Waals surface area contributed by atoms with Gasteiger partial charge in [-0.2, -0.15) is 0 Å². The molecule has 0 spiro atoms. The fourth-order valence-electron chi connectivity index (χ4n) is 2.16. The van der Waals surface area contributed by atoms with Crippen molar-refractivity contribution in [2.24, 2.45) is 11.3 Å². The van der Waals surface area contributed by atoms with Crippen LogP contribution >= 0.6 is 0 Å². The minimum atomic E-state index is 0. The summed E-state index contributed by atoms with van der Waals surface area (Å²) < 4.78 is 11.2. The molecule has 0 bridgehead atoms. The van der Waals surface area contributed by atoms with Gasteiger partial charge in [-0.3, -0.25) is 0 Å². The minimum Gasteiger partial charge on any atom is -0.493 e. The lowest BCUT2D eigenvalue weighted by molar-refractivity contribution is 0.0694. The van der Waals surface area contributed by atoms with E-state index in [1.807, 2.05) is 13.1 Å². The largest absolute Gasteiger partial charge is 0.493 e. The van der Waals surface area contributed by atoms with E-state index in [1.54, 1.807) is 0 Å². The highest BCUT2D eigenvalue weighted by Crippen LogP contribution is 2.30. The third-order valence-corrected chi connectivity index (χ3v) is 4.15. The van der Waals surface area contributed by atoms with Crippen LogP contribution in [0.2, 0.25) is 0 Å². The van der Waals surface area contributed by atoms with E-state index in [0.717, 1.165) is 38.6 Å². The lowest BCUT2D eigenvalue weighted by Gasteiger charge is -2.17. The summed E-state index contributed by atoms with van der Waals surface area (Å²) in [6.07, 6.45) is 5.10. The second kappa shape index (κ2) is 14.9. The van der Waals surface area contributed by atoms with Crippen molar-refractivity contribution in [1.82, 2.24) is 5.32 Å². The molecule has 0 aliphatic heterocycles. The summed E-state index contributed by atoms with van der Waals surface area (Å²) in [6.45, 7) is 13.6. The summed E-state index contributed by atoms with van der Waals surface area (Å²) in [5.74, 6) is 1.82. The Morgan fingerprint density at radius 1 is 1.26 bits per heavy atom. The second-order valence-corrected chi connectivity index (χ2v) is 8.30. The first-order valence-electron chi connectivity index (χ1n) is 10.3. The number of hydrogen-bond acceptors (Lipinski definition) is 4. The van der Waals surface area contributed by atoms with E-state index in [2.05, 4.69) is 58.1 Å². The zero-order valence-electron chi connectivity index (χ0n) is 18.7. The van der Waals surface area contributed by atoms with Crippen molar-refractivity contribution in [3.8, 4) is 5.75 Å². The van der Waals surface area contributed by atoms with Gasteiger partial charge in [-0.15, -0.1) is 0 Å². The van der Waals surface area contributed by atoms with Gasteiger partial charge in [0.05, 0.1) is 13.2 Å². The highest BCUT2D eigenvalue weighted by molar-refractivity contribution is 5.30. The van der Waals surface area contributed by atoms with Gasteiger partial charge in [0.25, 0.3) is 0 Å². The maximum atomic E-state index is 7.00. The molecule has 0 unspecified atom stereocenters. The van der Waals surface area contributed by atoms with Gasteiger partial charge in [0.2, 0.25) is 0 Å². The van der Waals surface area contributed by atoms with Gasteiger partial charge in [0.15, 0.2) is 0 Å². The Morgan fingerprint density at radius 3 is 2.44 bits per heavy atom. The maximum Gasteiger partial charge on any atom is 0.119 e. The van der Waals surface area contributed by atoms with Gasteiger partial charge in [-0.1, -0.05) is 46.2 Å². The lowest BCUT2D eigenvalue weighted by atomic mass is 9.99. The van der Waals surface area contributed by atoms with Gasteiger partial charge < -0.3 is 19.9 Å². The molecule has 2 N–H and O–H groups in total. The van der Waals surface area contributed by atoms with Crippen LogP contribution in [0, 0.1) is 11.3 Å². The zero-order chi connectivity index (χ0) is 20.7. The number of unbranched alkanes of at least 4 members (excludes halogenated alkanes) is 1. The molecule has 0 amide bonds. The molecule has 0 heterocycles. The molecule has 0 radical (unpaired) electrons. The number of ether oxygens (including phenoxy) is 2. The van der Waals surface area contributed by atoms with Crippen LogP contribution in [0.3, 0.4) is 0 Å². The summed E-state index contributed by atoms with van der Waals surface area (Å²) in [6, 6.07) is 8.74. The van der Waals surface area contributed by atoms with Crippen LogP contribution in [0.1, 0.15) is 73.3 Å². The Balaban J connectivity index is 0. The normalized spacial score (nSPS) is 14.4. The van der Waals surface area contributed by atoms with Gasteiger partial charge in [-0.25, -0.2) is 0 Å². The maximum absolute atomic E-state index is 7.00. The Hall–Kier alpha value is -1.10. The number of aliphatic hydroxyl groups is 1. The molecule has 1 saturated carbocycles. The topological polar surface area (TPSA) is 50.7 Å². The molecule has 1 aliphatic rings. The fraction of sp³-hybridized carbons (Fsp3) is 0.739. The van der Waals surface area contributed by atoms with Crippen LogP contribution in [0.25, 0.3) is 0 Å². The van der Waals surface area contributed by atoms with Gasteiger partial charge >= 0.3 is 0 Å². The molecule has 0 saturated heterocycles. The molecule has 0 aromatic heterocycles. The first kappa shape index (κ1) is 25.9. The molecule has 1 aromatic carbocycles. The van der Waals surface area contributed by atoms with Crippen molar-refractivity contribution in [2.75, 3.05) is 34.0 Å². The monoisotopic (exact) mass is 383 g/mol. The van der Waals surface area contributed by atoms with Crippen LogP contribution in [0.15, 0.2) is 24.3 Å². The predicted molar refractivity (Wildman–Crippen MR) is 118 cm³/mol. The molecular weight excluding hydrogens is 338 g/mol. The molecule has 1 aromatic rings. The highest BCUT2D eigenvalue weighted by Gasteiger charge is 2.21. The SMILES string of the molecule is CCCCOCC(C)(C)C.CN[C@H](C)c1cccc(OCC2CC2)c1.CO.[HH]. The van der Waals surface area contributed by atoms with Gasteiger partial charge in [-0.05, 0) is 62.3 Å². The summed E-state index contributed by atoms with van der Waals surface area (Å²) in [5.41, 5.74) is 1.61. The molecule has 4 heteroatoms. The number of benzene rings is 1. The van der Waals surface area contributed by atoms with Crippen molar-refractivity contribution in [1.29, 1.82) is 0 Å². The number of nitrogens with one attached hydrogen (secondary N) is 1. The van der Waals surface area contributed by atoms with E-state index < -0.39 is 0 Å². The summed E-state index contributed by atoms with van der Waals surface area (Å²) in [7, 11) is 2.97. The summed E-state index contributed by atoms with van der Waals surface area (Å²) in [5, 5.41) is 10.2. The average molecular weight is 384 g/mol. The molecule has 1 fully saturated rings. The fourth-order valence-corrected chi connectivity index (χ4v) is 2.16. The van der Waals surface area contributed by atoms with E-state index in [-0.39, 0.29) is 1.43 Å². The quantitative estimate of drug-likeness (QED) is 0.556. The Labute approximate surface area is 169 Å². The molecule has 4 nitrogen and oxygen atoms in total. The summed E-state index contributed by atoms with van der Waals surface area (Å²) >= 11 is 0. The third kappa shape index (κ3) is 14.6. The zero-order valence-corrected chi connectivity index (χ0v) is 18.7. The molecule has 1 atom stereocenters. The Bertz CT molecular complexity index is 473. The highest BCUT2D eigenvalue weighted by atomic mass is 16.5. The van der Waals surface area contributed by atoms with Crippen LogP contribution in [0.4, 0.5) is 0 Å². The molecule has 160 valence electrons. The molecular formula is C23H45NO3. The van der Waals surface area contributed by atoms with Crippen molar-refractivity contribution in [3.05, 3.63) is 29.8 Å². The predicted octanol–water partition coefficient (Wildman–Crippen LogP) is 5.46. The smallest absolute Gasteiger partial charge is 0.119 e. The van der Waals surface area contributed by atoms with Crippen molar-refractivity contribution >= 4 is 0 Å². The van der Waals surface area contributed by atoms with E-state index in [1.165, 1.54) is 31.2 Å². The van der Waals surface area contributed by atoms with Gasteiger partial charge in [0, 0.05) is 21.2 Å². The third-order valence-electron chi connectivity index (χ3n) is 4.15. The Kier molecular flexibility index (Phi) is 14.3. The van der Waals surface area contributed by atoms with E-state index in [9.17, 15) is 0 Å². The first-order chi connectivity index (χ1) is 12.9. The van der Waals surface area contributed by atoms with Crippen molar-refractivity contribution in [3.63, 3.8) is 0 Å². The first-order valence-corrected chi connectivity index (χ1v) is 10.3. The van der Waals surface area contributed by atoms with Crippen molar-refractivity contribution in [2.45, 2.75) is 66.3 Å². The number of rotatable bonds is 9. The summed E-state index contributed by atoms with van der Waals surface area (Å²) in [4.78, 5) is 0. The van der Waals surface area contributed by atoms with E-state index >= 15 is 0 Å². The van der Waals surface area contributed by atoms with Crippen LogP contribution in [-0.2, 0) is 4.74 Å². The van der Waals surface area contributed by atoms with Crippen LogP contribution in [-0.4, -0.2) is 39.1 Å². The average Bonchev–Trinajstić information content (AvgIpc) is 3.49. The number of aliphatic hydroxyl groups excluding tert-OH is 1. The van der Waals surface area contributed by atoms with Crippen LogP contribution in [0.5, 0.6) is 5.75 Å². The van der Waals surface area contributed by atoms with E-state index in [4.69, 9.17) is 14.6 Å². The standard InChI is InChI=1S/C13H19NO.C9H20O.CH4O.H2/c1-10(14-2)12-4-3-5-13(8-12)15-9-11-6-7-11;1-5-6-7-10-8-9(2,3)4;1-2;/h3-5,8,10-11,14H,6-7,9H2,1-2H3;5-8H2,1-4H3;2H,1H3;1H/t10-;;;/m1.../s1. The lowest BCUT2D eigenvalue weighted by Crippen LogP contribution is -2.14. The van der Waals surface area contributed by atoms with Crippen LogP contribution < -0.4 is 10.1 Å². The molecule has 1 aliphatic carbocycles. The Morgan fingerprint density at radius 2 is 1.93 bits per heavy atom. The van der Waals surface area contributed by atoms with Gasteiger partial charge in [0.1, 0.15) is 5.75 Å². The minimum absolute atomic E-state index is 0. The molecule has 2 rings (SSSR count). The van der Waals surface area contributed by atoms with E-state index in [0.29, 0.717) is 11.5 Å². The van der Waals surface area contributed by atoms with Crippen molar-refractivity contribution < 1.29 is 16.0 Å². The molecule has 27 heavy (non-hydrogen) atoms.